The molecule has 8 heteroatoms. The molecule has 0 radical (unpaired) electrons. The Labute approximate surface area is 152 Å². The van der Waals surface area contributed by atoms with E-state index in [4.69, 9.17) is 33.3 Å². The number of ether oxygens (including phenoxy) is 2. The molecule has 6 nitrogen and oxygen atoms in total. The Hall–Kier alpha value is -1.73. The molecule has 132 valence electrons. The van der Waals surface area contributed by atoms with E-state index >= 15 is 0 Å². The van der Waals surface area contributed by atoms with E-state index in [1.807, 2.05) is 6.07 Å². The molecular formula is C16H23ClN4O2S. The Bertz CT molecular complexity index is 729. The van der Waals surface area contributed by atoms with Gasteiger partial charge in [0.05, 0.1) is 20.3 Å². The van der Waals surface area contributed by atoms with Crippen molar-refractivity contribution in [3.05, 3.63) is 33.3 Å². The number of H-pyrrole nitrogens is 1. The second kappa shape index (κ2) is 8.94. The fourth-order valence-electron chi connectivity index (χ4n) is 2.32. The van der Waals surface area contributed by atoms with Crippen molar-refractivity contribution < 1.29 is 9.47 Å². The number of aryl methyl sites for hydroxylation is 1. The average molecular weight is 371 g/mol. The smallest absolute Gasteiger partial charge is 0.214 e. The average Bonchev–Trinajstić information content (AvgIpc) is 2.91. The lowest BCUT2D eigenvalue weighted by Gasteiger charge is -2.17. The summed E-state index contributed by atoms with van der Waals surface area (Å²) in [6.45, 7) is 5.25. The molecule has 0 atom stereocenters. The monoisotopic (exact) mass is 370 g/mol. The zero-order valence-electron chi connectivity index (χ0n) is 14.2. The minimum atomic E-state index is 0.487. The summed E-state index contributed by atoms with van der Waals surface area (Å²) in [7, 11) is 1.60. The maximum Gasteiger partial charge on any atom is 0.214 e. The number of halogens is 1. The minimum Gasteiger partial charge on any atom is -0.493 e. The molecule has 2 aromatic rings. The zero-order valence-corrected chi connectivity index (χ0v) is 15.8. The molecule has 1 heterocycles. The van der Waals surface area contributed by atoms with Crippen LogP contribution in [0.4, 0.5) is 0 Å². The molecule has 0 aliphatic carbocycles. The second-order valence-electron chi connectivity index (χ2n) is 5.31. The lowest BCUT2D eigenvalue weighted by molar-refractivity contribution is 0.291. The summed E-state index contributed by atoms with van der Waals surface area (Å²) in [5.41, 5.74) is 4.18. The molecule has 0 saturated heterocycles. The van der Waals surface area contributed by atoms with Crippen molar-refractivity contribution >= 4 is 23.8 Å². The van der Waals surface area contributed by atoms with Crippen LogP contribution < -0.4 is 14.9 Å². The van der Waals surface area contributed by atoms with Crippen molar-refractivity contribution in [2.24, 2.45) is 0 Å². The highest BCUT2D eigenvalue weighted by atomic mass is 35.5. The number of benzene rings is 1. The maximum absolute atomic E-state index is 6.20. The largest absolute Gasteiger partial charge is 0.493 e. The van der Waals surface area contributed by atoms with Crippen molar-refractivity contribution in [2.45, 2.75) is 39.7 Å². The second-order valence-corrected chi connectivity index (χ2v) is 6.13. The highest BCUT2D eigenvalue weighted by Crippen LogP contribution is 2.35. The normalized spacial score (nSPS) is 10.7. The predicted molar refractivity (Wildman–Crippen MR) is 98.3 cm³/mol. The summed E-state index contributed by atoms with van der Waals surface area (Å²) in [6, 6.07) is 3.62. The van der Waals surface area contributed by atoms with E-state index in [1.54, 1.807) is 17.9 Å². The summed E-state index contributed by atoms with van der Waals surface area (Å²) in [6.07, 6.45) is 2.72. The summed E-state index contributed by atoms with van der Waals surface area (Å²) in [4.78, 5) is 0. The van der Waals surface area contributed by atoms with Gasteiger partial charge in [0.2, 0.25) is 4.77 Å². The Morgan fingerprint density at radius 2 is 2.12 bits per heavy atom. The van der Waals surface area contributed by atoms with Crippen LogP contribution >= 0.6 is 23.8 Å². The van der Waals surface area contributed by atoms with Crippen LogP contribution in [0, 0.1) is 4.77 Å². The highest BCUT2D eigenvalue weighted by Gasteiger charge is 2.14. The standard InChI is InChI=1S/C16H23ClN4O2S/c1-4-6-14-19-20-16(24)21(14)18-10-11-8-12(17)9-13(22-3)15(11)23-7-5-2/h8-9,18H,4-7,10H2,1-3H3,(H,20,24). The topological polar surface area (TPSA) is 64.1 Å². The van der Waals surface area contributed by atoms with Gasteiger partial charge in [0.15, 0.2) is 17.3 Å². The quantitative estimate of drug-likeness (QED) is 0.651. The molecular weight excluding hydrogens is 348 g/mol. The van der Waals surface area contributed by atoms with Crippen LogP contribution in [0.3, 0.4) is 0 Å². The summed E-state index contributed by atoms with van der Waals surface area (Å²) in [5.74, 6) is 2.19. The van der Waals surface area contributed by atoms with E-state index in [0.717, 1.165) is 30.7 Å². The third kappa shape index (κ3) is 4.42. The molecule has 0 fully saturated rings. The van der Waals surface area contributed by atoms with E-state index in [-0.39, 0.29) is 0 Å². The van der Waals surface area contributed by atoms with Crippen LogP contribution in [-0.2, 0) is 13.0 Å². The lowest BCUT2D eigenvalue weighted by Crippen LogP contribution is -2.18. The van der Waals surface area contributed by atoms with Gasteiger partial charge < -0.3 is 14.9 Å². The van der Waals surface area contributed by atoms with Gasteiger partial charge in [0, 0.05) is 23.1 Å². The van der Waals surface area contributed by atoms with Gasteiger partial charge in [-0.3, -0.25) is 5.10 Å². The van der Waals surface area contributed by atoms with Gasteiger partial charge in [-0.1, -0.05) is 25.4 Å². The van der Waals surface area contributed by atoms with Gasteiger partial charge in [-0.05, 0) is 31.1 Å². The molecule has 0 spiro atoms. The number of aromatic nitrogens is 3. The van der Waals surface area contributed by atoms with Crippen LogP contribution in [0.2, 0.25) is 5.02 Å². The molecule has 0 aliphatic rings. The molecule has 0 bridgehead atoms. The highest BCUT2D eigenvalue weighted by molar-refractivity contribution is 7.71. The summed E-state index contributed by atoms with van der Waals surface area (Å²) < 4.78 is 13.6. The van der Waals surface area contributed by atoms with E-state index in [9.17, 15) is 0 Å². The number of nitrogens with one attached hydrogen (secondary N) is 2. The van der Waals surface area contributed by atoms with Gasteiger partial charge in [0.1, 0.15) is 0 Å². The SMILES string of the molecule is CCCOc1c(CNn2c(CCC)n[nH]c2=S)cc(Cl)cc1OC. The first kappa shape index (κ1) is 18.6. The Kier molecular flexibility index (Phi) is 6.93. The first-order valence-electron chi connectivity index (χ1n) is 8.00. The Balaban J connectivity index is 2.27. The van der Waals surface area contributed by atoms with E-state index < -0.39 is 0 Å². The zero-order chi connectivity index (χ0) is 17.5. The van der Waals surface area contributed by atoms with Crippen LogP contribution in [0.15, 0.2) is 12.1 Å². The lowest BCUT2D eigenvalue weighted by atomic mass is 10.2. The van der Waals surface area contributed by atoms with Crippen molar-refractivity contribution in [2.75, 3.05) is 19.1 Å². The van der Waals surface area contributed by atoms with E-state index in [0.29, 0.717) is 34.4 Å². The summed E-state index contributed by atoms with van der Waals surface area (Å²) >= 11 is 11.5. The van der Waals surface area contributed by atoms with Crippen molar-refractivity contribution in [1.29, 1.82) is 0 Å². The van der Waals surface area contributed by atoms with Crippen LogP contribution in [0.5, 0.6) is 11.5 Å². The first-order valence-corrected chi connectivity index (χ1v) is 8.78. The van der Waals surface area contributed by atoms with Crippen LogP contribution in [0.25, 0.3) is 0 Å². The molecule has 24 heavy (non-hydrogen) atoms. The maximum atomic E-state index is 6.20. The van der Waals surface area contributed by atoms with Crippen LogP contribution in [-0.4, -0.2) is 28.6 Å². The number of rotatable bonds is 9. The fourth-order valence-corrected chi connectivity index (χ4v) is 2.77. The van der Waals surface area contributed by atoms with E-state index in [2.05, 4.69) is 29.5 Å². The van der Waals surface area contributed by atoms with Crippen molar-refractivity contribution in [3.63, 3.8) is 0 Å². The third-order valence-corrected chi connectivity index (χ3v) is 3.90. The summed E-state index contributed by atoms with van der Waals surface area (Å²) in [5, 5.41) is 7.65. The number of methoxy groups -OCH3 is 1. The molecule has 0 saturated carbocycles. The molecule has 1 aromatic heterocycles. The molecule has 1 aromatic carbocycles. The molecule has 2 rings (SSSR count). The number of aromatic amines is 1. The Morgan fingerprint density at radius 1 is 1.33 bits per heavy atom. The van der Waals surface area contributed by atoms with Crippen molar-refractivity contribution in [1.82, 2.24) is 14.9 Å². The molecule has 0 unspecified atom stereocenters. The van der Waals surface area contributed by atoms with Gasteiger partial charge in [-0.25, -0.2) is 4.68 Å². The first-order chi connectivity index (χ1) is 11.6. The predicted octanol–water partition coefficient (Wildman–Crippen LogP) is 4.09. The number of hydrogen-bond donors (Lipinski definition) is 2. The van der Waals surface area contributed by atoms with Crippen molar-refractivity contribution in [3.8, 4) is 11.5 Å². The van der Waals surface area contributed by atoms with E-state index in [1.165, 1.54) is 0 Å². The minimum absolute atomic E-state index is 0.487. The van der Waals surface area contributed by atoms with Crippen LogP contribution in [0.1, 0.15) is 38.1 Å². The van der Waals surface area contributed by atoms with Gasteiger partial charge in [0.25, 0.3) is 0 Å². The number of nitrogens with zero attached hydrogens (tertiary/aromatic N) is 2. The Morgan fingerprint density at radius 3 is 2.79 bits per heavy atom. The van der Waals surface area contributed by atoms with Gasteiger partial charge in [-0.2, -0.15) is 5.10 Å². The fraction of sp³-hybridized carbons (Fsp3) is 0.500. The molecule has 0 aliphatic heterocycles. The van der Waals surface area contributed by atoms with Gasteiger partial charge in [-0.15, -0.1) is 0 Å². The number of hydrogen-bond acceptors (Lipinski definition) is 5. The molecule has 2 N–H and O–H groups in total. The third-order valence-electron chi connectivity index (χ3n) is 3.41. The van der Waals surface area contributed by atoms with Gasteiger partial charge >= 0.3 is 0 Å². The molecule has 0 amide bonds.